The van der Waals surface area contributed by atoms with E-state index < -0.39 is 0 Å². The molecule has 0 saturated heterocycles. The van der Waals surface area contributed by atoms with Gasteiger partial charge in [-0.05, 0) is 17.7 Å². The Morgan fingerprint density at radius 1 is 1.11 bits per heavy atom. The van der Waals surface area contributed by atoms with E-state index in [1.807, 2.05) is 54.4 Å². The number of hydrogen-bond acceptors (Lipinski definition) is 1. The minimum absolute atomic E-state index is 0.538. The average molecular weight is 303 g/mol. The van der Waals surface area contributed by atoms with Crippen LogP contribution in [-0.4, -0.2) is 17.8 Å². The maximum Gasteiger partial charge on any atom is 0.128 e. The zero-order chi connectivity index (χ0) is 13.0. The lowest BCUT2D eigenvalue weighted by Gasteiger charge is -2.20. The molecule has 92 valence electrons. The summed E-state index contributed by atoms with van der Waals surface area (Å²) >= 11 is 3.46. The molecule has 0 unspecified atom stereocenters. The number of nitrogens with one attached hydrogen (secondary N) is 1. The fourth-order valence-corrected chi connectivity index (χ4v) is 2.25. The summed E-state index contributed by atoms with van der Waals surface area (Å²) in [5, 5.41) is 8.15. The summed E-state index contributed by atoms with van der Waals surface area (Å²) in [7, 11) is 1.94. The van der Waals surface area contributed by atoms with E-state index in [2.05, 4.69) is 28.1 Å². The van der Waals surface area contributed by atoms with Crippen LogP contribution in [0.25, 0.3) is 0 Å². The van der Waals surface area contributed by atoms with Crippen molar-refractivity contribution < 1.29 is 0 Å². The maximum atomic E-state index is 8.15. The summed E-state index contributed by atoms with van der Waals surface area (Å²) in [6, 6.07) is 18.0. The molecule has 2 rings (SSSR count). The Labute approximate surface area is 116 Å². The molecule has 1 N–H and O–H groups in total. The quantitative estimate of drug-likeness (QED) is 0.675. The summed E-state index contributed by atoms with van der Waals surface area (Å²) in [4.78, 5) is 1.94. The fourth-order valence-electron chi connectivity index (χ4n) is 1.80. The molecule has 0 saturated carbocycles. The van der Waals surface area contributed by atoms with Gasteiger partial charge in [-0.25, -0.2) is 0 Å². The Balaban J connectivity index is 2.09. The first kappa shape index (κ1) is 12.8. The molecular weight excluding hydrogens is 288 g/mol. The second-order valence-corrected chi connectivity index (χ2v) is 5.12. The molecule has 0 amide bonds. The van der Waals surface area contributed by atoms with Crippen LogP contribution in [0.2, 0.25) is 0 Å². The second kappa shape index (κ2) is 5.83. The minimum Gasteiger partial charge on any atom is -0.355 e. The molecule has 0 radical (unpaired) electrons. The van der Waals surface area contributed by atoms with Gasteiger partial charge in [0.15, 0.2) is 0 Å². The number of benzene rings is 2. The van der Waals surface area contributed by atoms with Crippen LogP contribution < -0.4 is 0 Å². The number of halogens is 1. The van der Waals surface area contributed by atoms with Gasteiger partial charge in [-0.15, -0.1) is 0 Å². The molecule has 18 heavy (non-hydrogen) atoms. The van der Waals surface area contributed by atoms with Crippen molar-refractivity contribution in [2.75, 3.05) is 7.05 Å². The summed E-state index contributed by atoms with van der Waals surface area (Å²) in [6.45, 7) is 0.729. The van der Waals surface area contributed by atoms with Gasteiger partial charge in [0.1, 0.15) is 5.84 Å². The second-order valence-electron chi connectivity index (χ2n) is 4.20. The van der Waals surface area contributed by atoms with Gasteiger partial charge >= 0.3 is 0 Å². The normalized spacial score (nSPS) is 10.1. The standard InChI is InChI=1S/C15H15BrN2/c1-18(11-12-6-5-9-14(16)10-12)15(17)13-7-3-2-4-8-13/h2-10,17H,11H2,1H3. The zero-order valence-electron chi connectivity index (χ0n) is 10.2. The first-order chi connectivity index (χ1) is 8.66. The number of nitrogens with zero attached hydrogens (tertiary/aromatic N) is 1. The lowest BCUT2D eigenvalue weighted by molar-refractivity contribution is 0.498. The molecule has 0 heterocycles. The Bertz CT molecular complexity index is 537. The number of rotatable bonds is 3. The number of amidine groups is 1. The lowest BCUT2D eigenvalue weighted by Crippen LogP contribution is -2.26. The van der Waals surface area contributed by atoms with Crippen LogP contribution in [0.15, 0.2) is 59.1 Å². The van der Waals surface area contributed by atoms with Gasteiger partial charge in [-0.2, -0.15) is 0 Å². The Kier molecular flexibility index (Phi) is 4.15. The zero-order valence-corrected chi connectivity index (χ0v) is 11.8. The van der Waals surface area contributed by atoms with E-state index >= 15 is 0 Å². The Hall–Kier alpha value is -1.61. The molecule has 0 aromatic heterocycles. The van der Waals surface area contributed by atoms with Crippen molar-refractivity contribution in [3.63, 3.8) is 0 Å². The van der Waals surface area contributed by atoms with Gasteiger partial charge < -0.3 is 4.90 Å². The largest absolute Gasteiger partial charge is 0.355 e. The lowest BCUT2D eigenvalue weighted by atomic mass is 10.1. The van der Waals surface area contributed by atoms with Gasteiger partial charge in [0, 0.05) is 23.6 Å². The predicted molar refractivity (Wildman–Crippen MR) is 78.9 cm³/mol. The van der Waals surface area contributed by atoms with Crippen LogP contribution >= 0.6 is 15.9 Å². The third-order valence-electron chi connectivity index (χ3n) is 2.74. The van der Waals surface area contributed by atoms with Gasteiger partial charge in [-0.3, -0.25) is 5.41 Å². The molecule has 2 aromatic rings. The van der Waals surface area contributed by atoms with E-state index in [1.165, 1.54) is 5.56 Å². The molecule has 0 aliphatic carbocycles. The summed E-state index contributed by atoms with van der Waals surface area (Å²) in [5.74, 6) is 0.538. The smallest absolute Gasteiger partial charge is 0.128 e. The summed E-state index contributed by atoms with van der Waals surface area (Å²) < 4.78 is 1.07. The Morgan fingerprint density at radius 3 is 2.50 bits per heavy atom. The van der Waals surface area contributed by atoms with Crippen LogP contribution in [0.1, 0.15) is 11.1 Å². The van der Waals surface area contributed by atoms with Gasteiger partial charge in [0.05, 0.1) is 0 Å². The van der Waals surface area contributed by atoms with Crippen molar-refractivity contribution in [2.24, 2.45) is 0 Å². The van der Waals surface area contributed by atoms with Crippen LogP contribution in [0.3, 0.4) is 0 Å². The van der Waals surface area contributed by atoms with Crippen LogP contribution in [-0.2, 0) is 6.54 Å². The van der Waals surface area contributed by atoms with E-state index in [1.54, 1.807) is 0 Å². The van der Waals surface area contributed by atoms with E-state index in [0.717, 1.165) is 16.6 Å². The van der Waals surface area contributed by atoms with E-state index in [-0.39, 0.29) is 0 Å². The highest BCUT2D eigenvalue weighted by Gasteiger charge is 2.07. The van der Waals surface area contributed by atoms with Crippen molar-refractivity contribution in [2.45, 2.75) is 6.54 Å². The third-order valence-corrected chi connectivity index (χ3v) is 3.23. The van der Waals surface area contributed by atoms with Crippen molar-refractivity contribution in [1.82, 2.24) is 4.90 Å². The fraction of sp³-hybridized carbons (Fsp3) is 0.133. The summed E-state index contributed by atoms with van der Waals surface area (Å²) in [5.41, 5.74) is 2.13. The van der Waals surface area contributed by atoms with Crippen molar-refractivity contribution >= 4 is 21.8 Å². The van der Waals surface area contributed by atoms with E-state index in [0.29, 0.717) is 5.84 Å². The van der Waals surface area contributed by atoms with Crippen LogP contribution in [0.4, 0.5) is 0 Å². The summed E-state index contributed by atoms with van der Waals surface area (Å²) in [6.07, 6.45) is 0. The van der Waals surface area contributed by atoms with Gasteiger partial charge in [0.25, 0.3) is 0 Å². The van der Waals surface area contributed by atoms with Crippen molar-refractivity contribution in [3.05, 3.63) is 70.2 Å². The van der Waals surface area contributed by atoms with E-state index in [9.17, 15) is 0 Å². The average Bonchev–Trinajstić information content (AvgIpc) is 2.39. The molecule has 0 atom stereocenters. The minimum atomic E-state index is 0.538. The maximum absolute atomic E-state index is 8.15. The topological polar surface area (TPSA) is 27.1 Å². The monoisotopic (exact) mass is 302 g/mol. The SMILES string of the molecule is CN(Cc1cccc(Br)c1)C(=N)c1ccccc1. The van der Waals surface area contributed by atoms with Crippen LogP contribution in [0.5, 0.6) is 0 Å². The van der Waals surface area contributed by atoms with Crippen LogP contribution in [0, 0.1) is 5.41 Å². The molecule has 0 aliphatic rings. The molecule has 3 heteroatoms. The first-order valence-corrected chi connectivity index (χ1v) is 6.55. The highest BCUT2D eigenvalue weighted by Crippen LogP contribution is 2.14. The molecule has 2 nitrogen and oxygen atoms in total. The molecule has 0 bridgehead atoms. The predicted octanol–water partition coefficient (Wildman–Crippen LogP) is 3.91. The Morgan fingerprint density at radius 2 is 1.83 bits per heavy atom. The highest BCUT2D eigenvalue weighted by molar-refractivity contribution is 9.10. The van der Waals surface area contributed by atoms with Crippen molar-refractivity contribution in [3.8, 4) is 0 Å². The molecule has 2 aromatic carbocycles. The molecule has 0 fully saturated rings. The highest BCUT2D eigenvalue weighted by atomic mass is 79.9. The third kappa shape index (κ3) is 3.20. The van der Waals surface area contributed by atoms with Gasteiger partial charge in [0.2, 0.25) is 0 Å². The molecule has 0 spiro atoms. The number of hydrogen-bond donors (Lipinski definition) is 1. The first-order valence-electron chi connectivity index (χ1n) is 5.76. The van der Waals surface area contributed by atoms with Gasteiger partial charge in [-0.1, -0.05) is 58.4 Å². The molecular formula is C15H15BrN2. The van der Waals surface area contributed by atoms with Crippen molar-refractivity contribution in [1.29, 1.82) is 5.41 Å². The van der Waals surface area contributed by atoms with E-state index in [4.69, 9.17) is 5.41 Å². The molecule has 0 aliphatic heterocycles.